The first kappa shape index (κ1) is 12.7. The van der Waals surface area contributed by atoms with Gasteiger partial charge in [0.2, 0.25) is 0 Å². The minimum atomic E-state index is -0.649. The molecule has 0 atom stereocenters. The summed E-state index contributed by atoms with van der Waals surface area (Å²) >= 11 is 0. The van der Waals surface area contributed by atoms with E-state index in [1.165, 1.54) is 18.3 Å². The lowest BCUT2D eigenvalue weighted by Gasteiger charge is -2.21. The molecule has 1 aromatic heterocycles. The lowest BCUT2D eigenvalue weighted by atomic mass is 10.2. The van der Waals surface area contributed by atoms with E-state index in [0.29, 0.717) is 0 Å². The molecule has 0 saturated heterocycles. The Bertz CT molecular complexity index is 625. The molecule has 1 aliphatic carbocycles. The van der Waals surface area contributed by atoms with Crippen molar-refractivity contribution < 1.29 is 13.6 Å². The largest absolute Gasteiger partial charge is 0.330 e. The van der Waals surface area contributed by atoms with Gasteiger partial charge in [0.15, 0.2) is 5.69 Å². The zero-order valence-electron chi connectivity index (χ0n) is 10.5. The molecular formula is C13H12F2N4O. The second-order valence-corrected chi connectivity index (χ2v) is 4.76. The Balaban J connectivity index is 1.83. The third-order valence-corrected chi connectivity index (χ3v) is 3.24. The van der Waals surface area contributed by atoms with Crippen LogP contribution in [0.25, 0.3) is 0 Å². The number of rotatable bonds is 4. The first-order valence-corrected chi connectivity index (χ1v) is 6.26. The SMILES string of the molecule is O=C(c1cn[nH]n1)N(Cc1ccc(F)cc1F)C1CC1. The molecule has 1 aliphatic rings. The van der Waals surface area contributed by atoms with Crippen LogP contribution in [-0.4, -0.2) is 32.3 Å². The van der Waals surface area contributed by atoms with E-state index in [2.05, 4.69) is 15.4 Å². The summed E-state index contributed by atoms with van der Waals surface area (Å²) in [5.74, 6) is -1.58. The van der Waals surface area contributed by atoms with Gasteiger partial charge in [-0.25, -0.2) is 8.78 Å². The van der Waals surface area contributed by atoms with E-state index in [1.807, 2.05) is 0 Å². The molecule has 104 valence electrons. The highest BCUT2D eigenvalue weighted by Gasteiger charge is 2.34. The lowest BCUT2D eigenvalue weighted by Crippen LogP contribution is -2.33. The van der Waals surface area contributed by atoms with Crippen molar-refractivity contribution in [3.63, 3.8) is 0 Å². The molecule has 20 heavy (non-hydrogen) atoms. The van der Waals surface area contributed by atoms with Gasteiger partial charge < -0.3 is 4.90 Å². The van der Waals surface area contributed by atoms with Crippen molar-refractivity contribution in [1.29, 1.82) is 0 Å². The van der Waals surface area contributed by atoms with Crippen molar-refractivity contribution in [3.8, 4) is 0 Å². The molecule has 7 heteroatoms. The molecule has 0 bridgehead atoms. The Kier molecular flexibility index (Phi) is 3.17. The average molecular weight is 278 g/mol. The fourth-order valence-electron chi connectivity index (χ4n) is 2.04. The normalized spacial score (nSPS) is 14.3. The van der Waals surface area contributed by atoms with Crippen molar-refractivity contribution in [1.82, 2.24) is 20.3 Å². The Morgan fingerprint density at radius 3 is 2.80 bits per heavy atom. The van der Waals surface area contributed by atoms with Crippen LogP contribution < -0.4 is 0 Å². The van der Waals surface area contributed by atoms with Gasteiger partial charge in [0.25, 0.3) is 5.91 Å². The summed E-state index contributed by atoms with van der Waals surface area (Å²) in [6, 6.07) is 3.45. The molecule has 5 nitrogen and oxygen atoms in total. The first-order valence-electron chi connectivity index (χ1n) is 6.26. The minimum Gasteiger partial charge on any atom is -0.330 e. The Morgan fingerprint density at radius 1 is 1.40 bits per heavy atom. The zero-order valence-corrected chi connectivity index (χ0v) is 10.5. The van der Waals surface area contributed by atoms with Gasteiger partial charge in [-0.1, -0.05) is 6.07 Å². The van der Waals surface area contributed by atoms with Crippen molar-refractivity contribution in [2.75, 3.05) is 0 Å². The van der Waals surface area contributed by atoms with Crippen molar-refractivity contribution in [2.45, 2.75) is 25.4 Å². The maximum atomic E-state index is 13.7. The van der Waals surface area contributed by atoms with Gasteiger partial charge in [0.1, 0.15) is 11.6 Å². The molecule has 0 radical (unpaired) electrons. The Hall–Kier alpha value is -2.31. The molecule has 2 aromatic rings. The van der Waals surface area contributed by atoms with Crippen LogP contribution in [0.2, 0.25) is 0 Å². The number of aromatic amines is 1. The summed E-state index contributed by atoms with van der Waals surface area (Å²) in [6.45, 7) is 0.0997. The van der Waals surface area contributed by atoms with Crippen LogP contribution in [0, 0.1) is 11.6 Å². The van der Waals surface area contributed by atoms with Crippen molar-refractivity contribution in [3.05, 3.63) is 47.3 Å². The van der Waals surface area contributed by atoms with Crippen LogP contribution >= 0.6 is 0 Å². The zero-order chi connectivity index (χ0) is 14.1. The molecular weight excluding hydrogens is 266 g/mol. The number of carbonyl (C=O) groups excluding carboxylic acids is 1. The first-order chi connectivity index (χ1) is 9.65. The molecule has 1 N–H and O–H groups in total. The molecule has 1 fully saturated rings. The highest BCUT2D eigenvalue weighted by Crippen LogP contribution is 2.30. The van der Waals surface area contributed by atoms with Crippen LogP contribution in [-0.2, 0) is 6.54 Å². The summed E-state index contributed by atoms with van der Waals surface area (Å²) in [6.07, 6.45) is 3.09. The number of benzene rings is 1. The van der Waals surface area contributed by atoms with Crippen molar-refractivity contribution >= 4 is 5.91 Å². The van der Waals surface area contributed by atoms with Crippen LogP contribution in [0.3, 0.4) is 0 Å². The Morgan fingerprint density at radius 2 is 2.20 bits per heavy atom. The molecule has 1 amide bonds. The highest BCUT2D eigenvalue weighted by molar-refractivity contribution is 5.92. The number of aromatic nitrogens is 3. The van der Waals surface area contributed by atoms with Crippen LogP contribution in [0.1, 0.15) is 28.9 Å². The number of H-pyrrole nitrogens is 1. The van der Waals surface area contributed by atoms with E-state index in [-0.39, 0.29) is 29.8 Å². The predicted molar refractivity (Wildman–Crippen MR) is 65.6 cm³/mol. The van der Waals surface area contributed by atoms with E-state index in [1.54, 1.807) is 4.90 Å². The predicted octanol–water partition coefficient (Wildman–Crippen LogP) is 1.89. The molecule has 3 rings (SSSR count). The topological polar surface area (TPSA) is 61.9 Å². The fourth-order valence-corrected chi connectivity index (χ4v) is 2.04. The average Bonchev–Trinajstić information content (AvgIpc) is 3.11. The van der Waals surface area contributed by atoms with Gasteiger partial charge >= 0.3 is 0 Å². The van der Waals surface area contributed by atoms with E-state index < -0.39 is 11.6 Å². The van der Waals surface area contributed by atoms with Crippen LogP contribution in [0.15, 0.2) is 24.4 Å². The molecule has 1 heterocycles. The van der Waals surface area contributed by atoms with Gasteiger partial charge in [-0.15, -0.1) is 0 Å². The maximum absolute atomic E-state index is 13.7. The van der Waals surface area contributed by atoms with Gasteiger partial charge in [-0.05, 0) is 18.9 Å². The number of hydrogen-bond acceptors (Lipinski definition) is 3. The van der Waals surface area contributed by atoms with Crippen LogP contribution in [0.5, 0.6) is 0 Å². The monoisotopic (exact) mass is 278 g/mol. The van der Waals surface area contributed by atoms with Gasteiger partial charge in [-0.3, -0.25) is 4.79 Å². The van der Waals surface area contributed by atoms with Crippen molar-refractivity contribution in [2.24, 2.45) is 0 Å². The number of nitrogens with one attached hydrogen (secondary N) is 1. The van der Waals surface area contributed by atoms with E-state index in [9.17, 15) is 13.6 Å². The van der Waals surface area contributed by atoms with E-state index in [0.717, 1.165) is 18.9 Å². The van der Waals surface area contributed by atoms with Gasteiger partial charge in [0, 0.05) is 24.2 Å². The Labute approximate surface area is 113 Å². The summed E-state index contributed by atoms with van der Waals surface area (Å²) in [7, 11) is 0. The number of hydrogen-bond donors (Lipinski definition) is 1. The van der Waals surface area contributed by atoms with E-state index in [4.69, 9.17) is 0 Å². The molecule has 0 spiro atoms. The maximum Gasteiger partial charge on any atom is 0.276 e. The molecule has 1 aromatic carbocycles. The standard InChI is InChI=1S/C13H12F2N4O/c14-9-2-1-8(11(15)5-9)7-19(10-3-4-10)13(20)12-6-16-18-17-12/h1-2,5-6,10H,3-4,7H2,(H,16,17,18). The highest BCUT2D eigenvalue weighted by atomic mass is 19.1. The van der Waals surface area contributed by atoms with Crippen LogP contribution in [0.4, 0.5) is 8.78 Å². The number of nitrogens with zero attached hydrogens (tertiary/aromatic N) is 3. The number of halogens is 2. The molecule has 1 saturated carbocycles. The summed E-state index contributed by atoms with van der Waals surface area (Å²) in [5, 5.41) is 9.72. The summed E-state index contributed by atoms with van der Waals surface area (Å²) in [5.41, 5.74) is 0.481. The quantitative estimate of drug-likeness (QED) is 0.929. The third kappa shape index (κ3) is 2.52. The smallest absolute Gasteiger partial charge is 0.276 e. The second kappa shape index (κ2) is 4.99. The summed E-state index contributed by atoms with van der Waals surface area (Å²) in [4.78, 5) is 13.8. The lowest BCUT2D eigenvalue weighted by molar-refractivity contribution is 0.0722. The summed E-state index contributed by atoms with van der Waals surface area (Å²) < 4.78 is 26.6. The number of carbonyl (C=O) groups is 1. The van der Waals surface area contributed by atoms with Gasteiger partial charge in [-0.2, -0.15) is 15.4 Å². The van der Waals surface area contributed by atoms with E-state index >= 15 is 0 Å². The molecule has 0 aliphatic heterocycles. The third-order valence-electron chi connectivity index (χ3n) is 3.24. The fraction of sp³-hybridized carbons (Fsp3) is 0.308. The van der Waals surface area contributed by atoms with Gasteiger partial charge in [0.05, 0.1) is 6.20 Å². The minimum absolute atomic E-state index is 0.0867. The second-order valence-electron chi connectivity index (χ2n) is 4.76. The number of amides is 1. The molecule has 0 unspecified atom stereocenters.